The number of aromatic nitrogens is 2. The molecule has 7 heteroatoms. The zero-order valence-corrected chi connectivity index (χ0v) is 14.2. The molecule has 0 bridgehead atoms. The Labute approximate surface area is 134 Å². The molecule has 1 amide bonds. The Hall–Kier alpha value is -0.820. The van der Waals surface area contributed by atoms with Gasteiger partial charge in [-0.05, 0) is 19.3 Å². The molecule has 0 aliphatic heterocycles. The molecule has 21 heavy (non-hydrogen) atoms. The van der Waals surface area contributed by atoms with Gasteiger partial charge in [0, 0.05) is 12.6 Å². The maximum atomic E-state index is 11.6. The molecule has 1 fully saturated rings. The molecule has 0 radical (unpaired) electrons. The first-order chi connectivity index (χ1) is 10.3. The summed E-state index contributed by atoms with van der Waals surface area (Å²) >= 11 is 3.01. The minimum absolute atomic E-state index is 0.0745. The second kappa shape index (κ2) is 9.25. The van der Waals surface area contributed by atoms with E-state index in [1.165, 1.54) is 43.9 Å². The fraction of sp³-hybridized carbons (Fsp3) is 0.786. The lowest BCUT2D eigenvalue weighted by Gasteiger charge is -2.21. The first-order valence-corrected chi connectivity index (χ1v) is 9.57. The van der Waals surface area contributed by atoms with Crippen LogP contribution in [0.25, 0.3) is 0 Å². The summed E-state index contributed by atoms with van der Waals surface area (Å²) in [7, 11) is 0. The van der Waals surface area contributed by atoms with Crippen LogP contribution in [0.4, 0.5) is 5.13 Å². The molecular weight excluding hydrogens is 304 g/mol. The van der Waals surface area contributed by atoms with E-state index in [1.54, 1.807) is 11.3 Å². The van der Waals surface area contributed by atoms with Crippen LogP contribution in [0.3, 0.4) is 0 Å². The quantitative estimate of drug-likeness (QED) is 0.566. The van der Waals surface area contributed by atoms with Gasteiger partial charge >= 0.3 is 0 Å². The van der Waals surface area contributed by atoms with Crippen molar-refractivity contribution in [1.82, 2.24) is 15.5 Å². The number of anilines is 1. The number of unbranched alkanes of at least 4 members (excludes halogenated alkanes) is 1. The number of thioether (sulfide) groups is 1. The van der Waals surface area contributed by atoms with Crippen molar-refractivity contribution in [2.45, 2.75) is 62.3 Å². The summed E-state index contributed by atoms with van der Waals surface area (Å²) in [4.78, 5) is 11.6. The largest absolute Gasteiger partial charge is 0.357 e. The average Bonchev–Trinajstić information content (AvgIpc) is 2.94. The Morgan fingerprint density at radius 2 is 2.14 bits per heavy atom. The van der Waals surface area contributed by atoms with E-state index in [2.05, 4.69) is 27.8 Å². The van der Waals surface area contributed by atoms with Crippen LogP contribution in [0, 0.1) is 0 Å². The van der Waals surface area contributed by atoms with E-state index in [4.69, 9.17) is 0 Å². The van der Waals surface area contributed by atoms with E-state index >= 15 is 0 Å². The van der Waals surface area contributed by atoms with Gasteiger partial charge in [0.2, 0.25) is 11.0 Å². The highest BCUT2D eigenvalue weighted by molar-refractivity contribution is 8.01. The molecule has 1 aromatic rings. The Kier molecular flexibility index (Phi) is 7.29. The van der Waals surface area contributed by atoms with Crippen LogP contribution in [0.2, 0.25) is 0 Å². The zero-order chi connectivity index (χ0) is 14.9. The van der Waals surface area contributed by atoms with Gasteiger partial charge in [-0.15, -0.1) is 10.2 Å². The lowest BCUT2D eigenvalue weighted by atomic mass is 9.96. The molecule has 1 heterocycles. The molecule has 0 aromatic carbocycles. The van der Waals surface area contributed by atoms with Gasteiger partial charge < -0.3 is 10.6 Å². The molecule has 1 aliphatic rings. The lowest BCUT2D eigenvalue weighted by molar-refractivity contribution is -0.118. The average molecular weight is 329 g/mol. The van der Waals surface area contributed by atoms with Gasteiger partial charge in [-0.3, -0.25) is 4.79 Å². The first kappa shape index (κ1) is 16.5. The summed E-state index contributed by atoms with van der Waals surface area (Å²) in [5.74, 6) is 0.493. The van der Waals surface area contributed by atoms with Crippen LogP contribution in [0.1, 0.15) is 51.9 Å². The highest BCUT2D eigenvalue weighted by Crippen LogP contribution is 2.28. The van der Waals surface area contributed by atoms with Gasteiger partial charge in [-0.1, -0.05) is 55.7 Å². The Bertz CT molecular complexity index is 432. The molecule has 118 valence electrons. The van der Waals surface area contributed by atoms with Gasteiger partial charge in [0.1, 0.15) is 0 Å². The van der Waals surface area contributed by atoms with Gasteiger partial charge in [-0.25, -0.2) is 0 Å². The molecule has 0 saturated heterocycles. The van der Waals surface area contributed by atoms with Crippen molar-refractivity contribution in [1.29, 1.82) is 0 Å². The third-order valence-corrected chi connectivity index (χ3v) is 5.51. The maximum absolute atomic E-state index is 11.6. The van der Waals surface area contributed by atoms with Crippen molar-refractivity contribution in [3.05, 3.63) is 0 Å². The molecular formula is C14H24N4OS2. The summed E-state index contributed by atoms with van der Waals surface area (Å²) in [5, 5.41) is 15.6. The van der Waals surface area contributed by atoms with Crippen molar-refractivity contribution in [2.24, 2.45) is 0 Å². The van der Waals surface area contributed by atoms with Crippen LogP contribution in [0.5, 0.6) is 0 Å². The second-order valence-electron chi connectivity index (χ2n) is 5.34. The summed E-state index contributed by atoms with van der Waals surface area (Å²) < 4.78 is 0.860. The fourth-order valence-electron chi connectivity index (χ4n) is 2.33. The van der Waals surface area contributed by atoms with Gasteiger partial charge in [-0.2, -0.15) is 0 Å². The Morgan fingerprint density at radius 1 is 1.33 bits per heavy atom. The van der Waals surface area contributed by atoms with E-state index in [9.17, 15) is 4.79 Å². The van der Waals surface area contributed by atoms with Crippen molar-refractivity contribution in [3.63, 3.8) is 0 Å². The number of rotatable bonds is 8. The Morgan fingerprint density at radius 3 is 2.90 bits per heavy atom. The molecule has 0 atom stereocenters. The number of nitrogens with zero attached hydrogens (tertiary/aromatic N) is 2. The summed E-state index contributed by atoms with van der Waals surface area (Å²) in [6.07, 6.45) is 8.53. The van der Waals surface area contributed by atoms with Crippen molar-refractivity contribution >= 4 is 34.1 Å². The molecule has 0 spiro atoms. The fourth-order valence-corrected chi connectivity index (χ4v) is 3.99. The summed E-state index contributed by atoms with van der Waals surface area (Å²) in [6.45, 7) is 2.88. The van der Waals surface area contributed by atoms with E-state index in [1.807, 2.05) is 0 Å². The predicted octanol–water partition coefficient (Wildman–Crippen LogP) is 3.29. The number of amides is 1. The van der Waals surface area contributed by atoms with E-state index in [-0.39, 0.29) is 5.91 Å². The van der Waals surface area contributed by atoms with Crippen LogP contribution >= 0.6 is 23.1 Å². The lowest BCUT2D eigenvalue weighted by Crippen LogP contribution is -2.25. The number of hydrogen-bond acceptors (Lipinski definition) is 6. The van der Waals surface area contributed by atoms with Crippen LogP contribution in [-0.2, 0) is 4.79 Å². The third kappa shape index (κ3) is 6.22. The van der Waals surface area contributed by atoms with Crippen molar-refractivity contribution in [2.75, 3.05) is 17.6 Å². The van der Waals surface area contributed by atoms with Crippen molar-refractivity contribution < 1.29 is 4.79 Å². The normalized spacial score (nSPS) is 15.9. The van der Waals surface area contributed by atoms with Crippen LogP contribution < -0.4 is 10.6 Å². The van der Waals surface area contributed by atoms with Crippen molar-refractivity contribution in [3.8, 4) is 0 Å². The third-order valence-electron chi connectivity index (χ3n) is 3.52. The molecule has 1 aromatic heterocycles. The highest BCUT2D eigenvalue weighted by Gasteiger charge is 2.15. The van der Waals surface area contributed by atoms with Crippen LogP contribution in [-0.4, -0.2) is 34.4 Å². The second-order valence-corrected chi connectivity index (χ2v) is 7.54. The van der Waals surface area contributed by atoms with Gasteiger partial charge in [0.15, 0.2) is 4.34 Å². The number of carbonyl (C=O) groups is 1. The topological polar surface area (TPSA) is 66.9 Å². The number of carbonyl (C=O) groups excluding carboxylic acids is 1. The SMILES string of the molecule is CCCCNC(=O)CSc1nnc(NC2CCCCC2)s1. The molecule has 5 nitrogen and oxygen atoms in total. The molecule has 0 unspecified atom stereocenters. The highest BCUT2D eigenvalue weighted by atomic mass is 32.2. The molecule has 2 rings (SSSR count). The first-order valence-electron chi connectivity index (χ1n) is 7.77. The predicted molar refractivity (Wildman–Crippen MR) is 89.0 cm³/mol. The standard InChI is InChI=1S/C14H24N4OS2/c1-2-3-9-15-12(19)10-20-14-18-17-13(21-14)16-11-7-5-4-6-8-11/h11H,2-10H2,1H3,(H,15,19)(H,16,17). The number of nitrogens with one attached hydrogen (secondary N) is 2. The minimum atomic E-state index is 0.0745. The van der Waals surface area contributed by atoms with Gasteiger partial charge in [0.05, 0.1) is 5.75 Å². The van der Waals surface area contributed by atoms with E-state index in [0.29, 0.717) is 11.8 Å². The number of hydrogen-bond donors (Lipinski definition) is 2. The Balaban J connectivity index is 1.68. The minimum Gasteiger partial charge on any atom is -0.357 e. The van der Waals surface area contributed by atoms with Gasteiger partial charge in [0.25, 0.3) is 0 Å². The van der Waals surface area contributed by atoms with E-state index in [0.717, 1.165) is 28.9 Å². The molecule has 1 saturated carbocycles. The molecule has 1 aliphatic carbocycles. The summed E-state index contributed by atoms with van der Waals surface area (Å²) in [6, 6.07) is 0.543. The van der Waals surface area contributed by atoms with E-state index < -0.39 is 0 Å². The zero-order valence-electron chi connectivity index (χ0n) is 12.6. The molecule has 2 N–H and O–H groups in total. The van der Waals surface area contributed by atoms with Crippen LogP contribution in [0.15, 0.2) is 4.34 Å². The monoisotopic (exact) mass is 328 g/mol. The summed E-state index contributed by atoms with van der Waals surface area (Å²) in [5.41, 5.74) is 0. The smallest absolute Gasteiger partial charge is 0.230 e. The maximum Gasteiger partial charge on any atom is 0.230 e.